The van der Waals surface area contributed by atoms with E-state index in [1.54, 1.807) is 46.3 Å². The van der Waals surface area contributed by atoms with Gasteiger partial charge in [-0.3, -0.25) is 4.79 Å². The van der Waals surface area contributed by atoms with Gasteiger partial charge >= 0.3 is 0 Å². The van der Waals surface area contributed by atoms with Gasteiger partial charge < -0.3 is 4.90 Å². The number of nitrogens with zero attached hydrogens (tertiary/aromatic N) is 4. The fourth-order valence-electron chi connectivity index (χ4n) is 3.13. The lowest BCUT2D eigenvalue weighted by atomic mass is 10.1. The smallest absolute Gasteiger partial charge is 0.257 e. The second-order valence-electron chi connectivity index (χ2n) is 6.62. The first-order valence-corrected chi connectivity index (χ1v) is 9.97. The molecular formula is C23H18N4OS. The summed E-state index contributed by atoms with van der Waals surface area (Å²) in [6.45, 7) is 0.411. The molecule has 0 N–H and O–H groups in total. The Hall–Kier alpha value is -3.69. The van der Waals surface area contributed by atoms with Crippen molar-refractivity contribution >= 4 is 17.2 Å². The van der Waals surface area contributed by atoms with E-state index in [1.165, 1.54) is 0 Å². The second kappa shape index (κ2) is 8.13. The van der Waals surface area contributed by atoms with E-state index in [0.717, 1.165) is 16.1 Å². The van der Waals surface area contributed by atoms with Gasteiger partial charge in [0.1, 0.15) is 5.69 Å². The molecule has 0 unspecified atom stereocenters. The number of thiophene rings is 1. The summed E-state index contributed by atoms with van der Waals surface area (Å²) in [7, 11) is 1.76. The number of carbonyl (C=O) groups is 1. The molecule has 5 nitrogen and oxygen atoms in total. The maximum atomic E-state index is 13.3. The van der Waals surface area contributed by atoms with Crippen LogP contribution < -0.4 is 0 Å². The Balaban J connectivity index is 1.68. The molecule has 1 amide bonds. The van der Waals surface area contributed by atoms with Crippen LogP contribution in [0.15, 0.2) is 78.3 Å². The lowest BCUT2D eigenvalue weighted by molar-refractivity contribution is 0.0786. The Labute approximate surface area is 173 Å². The standard InChI is InChI=1S/C23H18N4OS/c1-26(15-18-8-5-7-17(13-18)14-24)23(28)20-16-27(19-9-3-2-4-10-19)25-22(20)21-11-6-12-29-21/h2-13,16H,15H2,1H3. The molecule has 0 atom stereocenters. The molecule has 0 bridgehead atoms. The topological polar surface area (TPSA) is 61.9 Å². The summed E-state index contributed by atoms with van der Waals surface area (Å²) in [5.74, 6) is -0.113. The van der Waals surface area contributed by atoms with Gasteiger partial charge in [-0.05, 0) is 41.3 Å². The summed E-state index contributed by atoms with van der Waals surface area (Å²) in [5.41, 5.74) is 3.61. The molecule has 0 radical (unpaired) electrons. The van der Waals surface area contributed by atoms with Gasteiger partial charge in [-0.25, -0.2) is 4.68 Å². The van der Waals surface area contributed by atoms with Gasteiger partial charge in [-0.2, -0.15) is 10.4 Å². The van der Waals surface area contributed by atoms with Crippen LogP contribution in [0.4, 0.5) is 0 Å². The first kappa shape index (κ1) is 18.7. The molecule has 0 aliphatic carbocycles. The Morgan fingerprint density at radius 2 is 1.97 bits per heavy atom. The van der Waals surface area contributed by atoms with Gasteiger partial charge in [0.15, 0.2) is 0 Å². The number of hydrogen-bond acceptors (Lipinski definition) is 4. The number of nitriles is 1. The molecule has 2 aromatic heterocycles. The van der Waals surface area contributed by atoms with E-state index in [0.29, 0.717) is 23.4 Å². The van der Waals surface area contributed by atoms with E-state index < -0.39 is 0 Å². The highest BCUT2D eigenvalue weighted by atomic mass is 32.1. The van der Waals surface area contributed by atoms with Gasteiger partial charge in [0.05, 0.1) is 27.8 Å². The molecule has 6 heteroatoms. The molecule has 0 fully saturated rings. The Kier molecular flexibility index (Phi) is 5.23. The third-order valence-corrected chi connectivity index (χ3v) is 5.42. The monoisotopic (exact) mass is 398 g/mol. The van der Waals surface area contributed by atoms with Gasteiger partial charge in [-0.15, -0.1) is 11.3 Å². The Morgan fingerprint density at radius 3 is 2.69 bits per heavy atom. The number of aromatic nitrogens is 2. The average molecular weight is 398 g/mol. The van der Waals surface area contributed by atoms with Crippen LogP contribution in [0.2, 0.25) is 0 Å². The predicted octanol–water partition coefficient (Wildman–Crippen LogP) is 4.74. The minimum absolute atomic E-state index is 0.113. The van der Waals surface area contributed by atoms with Crippen LogP contribution in [0.3, 0.4) is 0 Å². The average Bonchev–Trinajstić information content (AvgIpc) is 3.44. The van der Waals surface area contributed by atoms with Gasteiger partial charge in [-0.1, -0.05) is 36.4 Å². The molecule has 2 heterocycles. The molecule has 4 rings (SSSR count). The van der Waals surface area contributed by atoms with Gasteiger partial charge in [0.2, 0.25) is 0 Å². The minimum Gasteiger partial charge on any atom is -0.337 e. The number of para-hydroxylation sites is 1. The lowest BCUT2D eigenvalue weighted by Gasteiger charge is -2.17. The van der Waals surface area contributed by atoms with Gasteiger partial charge in [0, 0.05) is 19.8 Å². The van der Waals surface area contributed by atoms with Crippen molar-refractivity contribution in [3.63, 3.8) is 0 Å². The predicted molar refractivity (Wildman–Crippen MR) is 114 cm³/mol. The number of rotatable bonds is 5. The van der Waals surface area contributed by atoms with Crippen molar-refractivity contribution < 1.29 is 4.79 Å². The Bertz CT molecular complexity index is 1170. The maximum Gasteiger partial charge on any atom is 0.257 e. The summed E-state index contributed by atoms with van der Waals surface area (Å²) >= 11 is 1.55. The van der Waals surface area contributed by atoms with Crippen LogP contribution in [0.1, 0.15) is 21.5 Å². The van der Waals surface area contributed by atoms with E-state index in [4.69, 9.17) is 10.4 Å². The van der Waals surface area contributed by atoms with E-state index in [-0.39, 0.29) is 5.91 Å². The molecule has 2 aromatic carbocycles. The molecule has 4 aromatic rings. The minimum atomic E-state index is -0.113. The third kappa shape index (κ3) is 3.96. The largest absolute Gasteiger partial charge is 0.337 e. The first-order chi connectivity index (χ1) is 14.2. The van der Waals surface area contributed by atoms with Crippen molar-refractivity contribution in [3.05, 3.63) is 95.0 Å². The van der Waals surface area contributed by atoms with E-state index in [1.807, 2.05) is 60.0 Å². The van der Waals surface area contributed by atoms with Crippen molar-refractivity contribution in [1.82, 2.24) is 14.7 Å². The zero-order valence-corrected chi connectivity index (χ0v) is 16.6. The zero-order chi connectivity index (χ0) is 20.2. The quantitative estimate of drug-likeness (QED) is 0.488. The molecule has 0 saturated heterocycles. The summed E-state index contributed by atoms with van der Waals surface area (Å²) in [6, 6.07) is 23.1. The number of hydrogen-bond donors (Lipinski definition) is 0. The molecule has 0 saturated carbocycles. The van der Waals surface area contributed by atoms with Crippen molar-refractivity contribution in [2.45, 2.75) is 6.54 Å². The van der Waals surface area contributed by atoms with Gasteiger partial charge in [0.25, 0.3) is 5.91 Å². The van der Waals surface area contributed by atoms with Crippen LogP contribution in [0, 0.1) is 11.3 Å². The highest BCUT2D eigenvalue weighted by Crippen LogP contribution is 2.28. The van der Waals surface area contributed by atoms with E-state index in [2.05, 4.69) is 6.07 Å². The molecule has 142 valence electrons. The van der Waals surface area contributed by atoms with Crippen LogP contribution in [-0.4, -0.2) is 27.6 Å². The van der Waals surface area contributed by atoms with E-state index in [9.17, 15) is 4.79 Å². The number of amides is 1. The van der Waals surface area contributed by atoms with Crippen molar-refractivity contribution in [1.29, 1.82) is 5.26 Å². The third-order valence-electron chi connectivity index (χ3n) is 4.54. The molecule has 29 heavy (non-hydrogen) atoms. The summed E-state index contributed by atoms with van der Waals surface area (Å²) in [6.07, 6.45) is 1.79. The summed E-state index contributed by atoms with van der Waals surface area (Å²) < 4.78 is 1.74. The molecule has 0 spiro atoms. The lowest BCUT2D eigenvalue weighted by Crippen LogP contribution is -2.26. The van der Waals surface area contributed by atoms with Crippen molar-refractivity contribution in [2.24, 2.45) is 0 Å². The Morgan fingerprint density at radius 1 is 1.14 bits per heavy atom. The number of carbonyl (C=O) groups excluding carboxylic acids is 1. The highest BCUT2D eigenvalue weighted by molar-refractivity contribution is 7.13. The summed E-state index contributed by atoms with van der Waals surface area (Å²) in [5, 5.41) is 15.8. The van der Waals surface area contributed by atoms with Crippen LogP contribution in [0.25, 0.3) is 16.3 Å². The SMILES string of the molecule is CN(Cc1cccc(C#N)c1)C(=O)c1cn(-c2ccccc2)nc1-c1cccs1. The van der Waals surface area contributed by atoms with Crippen molar-refractivity contribution in [2.75, 3.05) is 7.05 Å². The fourth-order valence-corrected chi connectivity index (χ4v) is 3.85. The molecule has 0 aliphatic heterocycles. The van der Waals surface area contributed by atoms with Crippen LogP contribution in [0.5, 0.6) is 0 Å². The van der Waals surface area contributed by atoms with E-state index >= 15 is 0 Å². The van der Waals surface area contributed by atoms with Crippen LogP contribution >= 0.6 is 11.3 Å². The zero-order valence-electron chi connectivity index (χ0n) is 15.8. The highest BCUT2D eigenvalue weighted by Gasteiger charge is 2.22. The normalized spacial score (nSPS) is 10.5. The second-order valence-corrected chi connectivity index (χ2v) is 7.57. The molecular weight excluding hydrogens is 380 g/mol. The van der Waals surface area contributed by atoms with Crippen molar-refractivity contribution in [3.8, 4) is 22.3 Å². The number of benzene rings is 2. The fraction of sp³-hybridized carbons (Fsp3) is 0.0870. The molecule has 0 aliphatic rings. The maximum absolute atomic E-state index is 13.3. The first-order valence-electron chi connectivity index (χ1n) is 9.09. The van der Waals surface area contributed by atoms with Crippen LogP contribution in [-0.2, 0) is 6.54 Å². The summed E-state index contributed by atoms with van der Waals surface area (Å²) in [4.78, 5) is 15.9.